The molecule has 0 saturated carbocycles. The first kappa shape index (κ1) is 13.1. The quantitative estimate of drug-likeness (QED) is 0.471. The molecule has 14 heavy (non-hydrogen) atoms. The van der Waals surface area contributed by atoms with Gasteiger partial charge in [0.05, 0.1) is 0 Å². The summed E-state index contributed by atoms with van der Waals surface area (Å²) < 4.78 is 12.4. The Labute approximate surface area is 83.2 Å². The molecule has 0 rings (SSSR count). The molecule has 0 unspecified atom stereocenters. The van der Waals surface area contributed by atoms with Crippen molar-refractivity contribution in [3.8, 4) is 0 Å². The van der Waals surface area contributed by atoms with Gasteiger partial charge in [0.15, 0.2) is 0 Å². The number of unbranched alkanes of at least 4 members (excludes halogenated alkanes) is 5. The number of aliphatic hydroxyl groups excluding tert-OH is 1. The van der Waals surface area contributed by atoms with Gasteiger partial charge in [0.25, 0.3) is 0 Å². The van der Waals surface area contributed by atoms with Crippen LogP contribution >= 0.6 is 0 Å². The molecule has 4 heteroatoms. The van der Waals surface area contributed by atoms with Gasteiger partial charge in [-0.2, -0.15) is 4.39 Å². The highest BCUT2D eigenvalue weighted by Crippen LogP contribution is 2.07. The first-order valence-electron chi connectivity index (χ1n) is 4.88. The number of aliphatic carboxylic acids is 1. The summed E-state index contributed by atoms with van der Waals surface area (Å²) in [5, 5.41) is 16.7. The van der Waals surface area contributed by atoms with Crippen LogP contribution in [0.2, 0.25) is 0 Å². The Kier molecular flexibility index (Phi) is 8.13. The van der Waals surface area contributed by atoms with Crippen LogP contribution in [0.15, 0.2) is 11.9 Å². The predicted octanol–water partition coefficient (Wildman–Crippen LogP) is 2.26. The van der Waals surface area contributed by atoms with Gasteiger partial charge in [0.1, 0.15) is 0 Å². The number of carboxylic acids is 1. The van der Waals surface area contributed by atoms with Crippen molar-refractivity contribution in [1.29, 1.82) is 0 Å². The number of hydrogen-bond donors (Lipinski definition) is 2. The Morgan fingerprint density at radius 1 is 1.14 bits per heavy atom. The molecule has 0 fully saturated rings. The lowest BCUT2D eigenvalue weighted by Gasteiger charge is -1.97. The average molecular weight is 204 g/mol. The van der Waals surface area contributed by atoms with Crippen LogP contribution in [0.25, 0.3) is 0 Å². The van der Waals surface area contributed by atoms with Crippen molar-refractivity contribution >= 4 is 5.97 Å². The molecular formula is C10H17FO3. The highest BCUT2D eigenvalue weighted by atomic mass is 19.1. The summed E-state index contributed by atoms with van der Waals surface area (Å²) in [6.07, 6.45) is 6.10. The number of aliphatic hydroxyl groups is 1. The summed E-state index contributed by atoms with van der Waals surface area (Å²) in [5.74, 6) is -2.56. The first-order chi connectivity index (χ1) is 6.68. The summed E-state index contributed by atoms with van der Waals surface area (Å²) in [5.41, 5.74) is 0. The number of allylic oxidation sites excluding steroid dienone is 1. The summed E-state index contributed by atoms with van der Waals surface area (Å²) in [6.45, 7) is 0.216. The van der Waals surface area contributed by atoms with E-state index in [4.69, 9.17) is 10.2 Å². The number of carbonyl (C=O) groups is 1. The fourth-order valence-electron chi connectivity index (χ4n) is 1.10. The second-order valence-corrected chi connectivity index (χ2v) is 3.14. The number of carboxylic acid groups (broad SMARTS) is 1. The van der Waals surface area contributed by atoms with E-state index in [0.29, 0.717) is 6.42 Å². The minimum absolute atomic E-state index is 0.216. The van der Waals surface area contributed by atoms with E-state index in [0.717, 1.165) is 38.2 Å². The molecule has 0 amide bonds. The third kappa shape index (κ3) is 7.73. The Balaban J connectivity index is 3.29. The Morgan fingerprint density at radius 2 is 1.71 bits per heavy atom. The zero-order valence-electron chi connectivity index (χ0n) is 8.21. The van der Waals surface area contributed by atoms with Gasteiger partial charge < -0.3 is 10.2 Å². The highest BCUT2D eigenvalue weighted by molar-refractivity contribution is 5.83. The molecule has 0 bridgehead atoms. The van der Waals surface area contributed by atoms with E-state index in [2.05, 4.69) is 0 Å². The van der Waals surface area contributed by atoms with Gasteiger partial charge in [0.2, 0.25) is 5.83 Å². The molecule has 0 spiro atoms. The van der Waals surface area contributed by atoms with Crippen molar-refractivity contribution in [2.24, 2.45) is 0 Å². The molecule has 0 saturated heterocycles. The maximum Gasteiger partial charge on any atom is 0.364 e. The van der Waals surface area contributed by atoms with E-state index in [-0.39, 0.29) is 6.61 Å². The van der Waals surface area contributed by atoms with E-state index in [9.17, 15) is 9.18 Å². The lowest BCUT2D eigenvalue weighted by Crippen LogP contribution is -1.94. The van der Waals surface area contributed by atoms with Gasteiger partial charge in [-0.15, -0.1) is 0 Å². The second kappa shape index (κ2) is 8.69. The third-order valence-electron chi connectivity index (χ3n) is 1.89. The van der Waals surface area contributed by atoms with Crippen molar-refractivity contribution in [2.75, 3.05) is 6.61 Å². The molecule has 82 valence electrons. The highest BCUT2D eigenvalue weighted by Gasteiger charge is 2.02. The molecule has 0 aliphatic rings. The summed E-state index contributed by atoms with van der Waals surface area (Å²) in [6, 6.07) is 0. The molecule has 0 atom stereocenters. The molecule has 0 aliphatic carbocycles. The minimum Gasteiger partial charge on any atom is -0.476 e. The van der Waals surface area contributed by atoms with Crippen LogP contribution in [0, 0.1) is 0 Å². The fourth-order valence-corrected chi connectivity index (χ4v) is 1.10. The molecule has 0 aromatic carbocycles. The topological polar surface area (TPSA) is 57.5 Å². The third-order valence-corrected chi connectivity index (χ3v) is 1.89. The standard InChI is InChI=1S/C10H17FO3/c11-9(10(13)14)7-5-3-1-2-4-6-8-12/h7,12H,1-6,8H2,(H,13,14)/b9-7-. The van der Waals surface area contributed by atoms with Gasteiger partial charge in [-0.25, -0.2) is 4.79 Å². The van der Waals surface area contributed by atoms with E-state index in [1.165, 1.54) is 0 Å². The molecule has 0 aromatic rings. The maximum atomic E-state index is 12.4. The summed E-state index contributed by atoms with van der Waals surface area (Å²) >= 11 is 0. The summed E-state index contributed by atoms with van der Waals surface area (Å²) in [4.78, 5) is 10.0. The van der Waals surface area contributed by atoms with Gasteiger partial charge in [-0.1, -0.05) is 19.3 Å². The summed E-state index contributed by atoms with van der Waals surface area (Å²) in [7, 11) is 0. The number of rotatable bonds is 8. The van der Waals surface area contributed by atoms with E-state index in [1.807, 2.05) is 0 Å². The predicted molar refractivity (Wildman–Crippen MR) is 51.6 cm³/mol. The van der Waals surface area contributed by atoms with Crippen LogP contribution in [0.1, 0.15) is 38.5 Å². The van der Waals surface area contributed by atoms with Crippen molar-refractivity contribution in [1.82, 2.24) is 0 Å². The lowest BCUT2D eigenvalue weighted by molar-refractivity contribution is -0.134. The van der Waals surface area contributed by atoms with Crippen molar-refractivity contribution in [2.45, 2.75) is 38.5 Å². The Hall–Kier alpha value is -0.900. The smallest absolute Gasteiger partial charge is 0.364 e. The first-order valence-corrected chi connectivity index (χ1v) is 4.88. The molecular weight excluding hydrogens is 187 g/mol. The number of halogens is 1. The van der Waals surface area contributed by atoms with Gasteiger partial charge >= 0.3 is 5.97 Å². The molecule has 3 nitrogen and oxygen atoms in total. The van der Waals surface area contributed by atoms with Gasteiger partial charge in [0, 0.05) is 6.61 Å². The fraction of sp³-hybridized carbons (Fsp3) is 0.700. The van der Waals surface area contributed by atoms with Crippen molar-refractivity contribution in [3.05, 3.63) is 11.9 Å². The molecule has 2 N–H and O–H groups in total. The van der Waals surface area contributed by atoms with Gasteiger partial charge in [-0.05, 0) is 25.3 Å². The second-order valence-electron chi connectivity index (χ2n) is 3.14. The SMILES string of the molecule is O=C(O)/C(F)=C/CCCCCCCO. The lowest BCUT2D eigenvalue weighted by atomic mass is 10.1. The molecule has 0 heterocycles. The zero-order valence-corrected chi connectivity index (χ0v) is 8.21. The largest absolute Gasteiger partial charge is 0.476 e. The average Bonchev–Trinajstić information content (AvgIpc) is 2.16. The molecule has 0 radical (unpaired) electrons. The van der Waals surface area contributed by atoms with Gasteiger partial charge in [-0.3, -0.25) is 0 Å². The number of hydrogen-bond acceptors (Lipinski definition) is 2. The van der Waals surface area contributed by atoms with Crippen LogP contribution in [0.3, 0.4) is 0 Å². The van der Waals surface area contributed by atoms with Crippen LogP contribution in [0.4, 0.5) is 4.39 Å². The zero-order chi connectivity index (χ0) is 10.8. The maximum absolute atomic E-state index is 12.4. The van der Waals surface area contributed by atoms with E-state index >= 15 is 0 Å². The molecule has 0 aliphatic heterocycles. The van der Waals surface area contributed by atoms with Crippen LogP contribution < -0.4 is 0 Å². The normalized spacial score (nSPS) is 11.7. The van der Waals surface area contributed by atoms with E-state index < -0.39 is 11.8 Å². The Morgan fingerprint density at radius 3 is 2.29 bits per heavy atom. The monoisotopic (exact) mass is 204 g/mol. The van der Waals surface area contributed by atoms with Crippen molar-refractivity contribution in [3.63, 3.8) is 0 Å². The van der Waals surface area contributed by atoms with Crippen molar-refractivity contribution < 1.29 is 19.4 Å². The minimum atomic E-state index is -1.50. The van der Waals surface area contributed by atoms with Crippen LogP contribution in [-0.2, 0) is 4.79 Å². The Bertz CT molecular complexity index is 190. The molecule has 0 aromatic heterocycles. The van der Waals surface area contributed by atoms with E-state index in [1.54, 1.807) is 0 Å². The van der Waals surface area contributed by atoms with Crippen LogP contribution in [0.5, 0.6) is 0 Å². The van der Waals surface area contributed by atoms with Crippen LogP contribution in [-0.4, -0.2) is 22.8 Å².